The SMILES string of the molecule is CCNC(=NCC(C)(O)c1ccccc1)NCC(c1ccco1)N(C)C. The van der Waals surface area contributed by atoms with Crippen molar-refractivity contribution < 1.29 is 9.52 Å². The van der Waals surface area contributed by atoms with Gasteiger partial charge in [0.2, 0.25) is 0 Å². The van der Waals surface area contributed by atoms with Crippen LogP contribution in [0.5, 0.6) is 0 Å². The number of aliphatic hydroxyl groups is 1. The zero-order valence-corrected chi connectivity index (χ0v) is 16.1. The summed E-state index contributed by atoms with van der Waals surface area (Å²) in [5.41, 5.74) is -0.174. The van der Waals surface area contributed by atoms with E-state index in [1.165, 1.54) is 0 Å². The van der Waals surface area contributed by atoms with Crippen LogP contribution >= 0.6 is 0 Å². The number of nitrogens with zero attached hydrogens (tertiary/aromatic N) is 2. The maximum atomic E-state index is 10.7. The number of furan rings is 1. The van der Waals surface area contributed by atoms with Crippen molar-refractivity contribution in [3.05, 3.63) is 60.1 Å². The van der Waals surface area contributed by atoms with Gasteiger partial charge in [-0.05, 0) is 45.6 Å². The van der Waals surface area contributed by atoms with Gasteiger partial charge in [0.15, 0.2) is 5.96 Å². The highest BCUT2D eigenvalue weighted by atomic mass is 16.3. The lowest BCUT2D eigenvalue weighted by molar-refractivity contribution is 0.0672. The van der Waals surface area contributed by atoms with Gasteiger partial charge in [0.1, 0.15) is 11.4 Å². The largest absolute Gasteiger partial charge is 0.468 e. The van der Waals surface area contributed by atoms with Crippen molar-refractivity contribution in [3.8, 4) is 0 Å². The third kappa shape index (κ3) is 5.61. The lowest BCUT2D eigenvalue weighted by Gasteiger charge is -2.25. The lowest BCUT2D eigenvalue weighted by atomic mass is 9.96. The second-order valence-corrected chi connectivity index (χ2v) is 6.71. The molecule has 6 nitrogen and oxygen atoms in total. The summed E-state index contributed by atoms with van der Waals surface area (Å²) in [6.07, 6.45) is 1.68. The molecule has 6 heteroatoms. The Kier molecular flexibility index (Phi) is 7.24. The molecule has 0 aliphatic carbocycles. The third-order valence-corrected chi connectivity index (χ3v) is 4.24. The van der Waals surface area contributed by atoms with E-state index in [-0.39, 0.29) is 12.6 Å². The maximum absolute atomic E-state index is 10.7. The first kappa shape index (κ1) is 20.0. The Labute approximate surface area is 155 Å². The monoisotopic (exact) mass is 358 g/mol. The molecule has 2 aromatic rings. The van der Waals surface area contributed by atoms with Gasteiger partial charge in [-0.15, -0.1) is 0 Å². The standard InChI is InChI=1S/C20H30N4O2/c1-5-21-19(22-14-17(24(3)4)18-12-9-13-26-18)23-15-20(2,25)16-10-7-6-8-11-16/h6-13,17,25H,5,14-15H2,1-4H3,(H2,21,22,23). The number of hydrogen-bond donors (Lipinski definition) is 3. The van der Waals surface area contributed by atoms with Crippen molar-refractivity contribution in [1.29, 1.82) is 0 Å². The van der Waals surface area contributed by atoms with Crippen molar-refractivity contribution in [3.63, 3.8) is 0 Å². The molecule has 0 bridgehead atoms. The van der Waals surface area contributed by atoms with E-state index < -0.39 is 5.60 Å². The number of nitrogens with one attached hydrogen (secondary N) is 2. The zero-order chi connectivity index (χ0) is 19.0. The van der Waals surface area contributed by atoms with Gasteiger partial charge in [-0.2, -0.15) is 0 Å². The Morgan fingerprint density at radius 2 is 1.92 bits per heavy atom. The summed E-state index contributed by atoms with van der Waals surface area (Å²) in [7, 11) is 4.03. The van der Waals surface area contributed by atoms with Gasteiger partial charge >= 0.3 is 0 Å². The Bertz CT molecular complexity index is 666. The second kappa shape index (κ2) is 9.40. The number of benzene rings is 1. The van der Waals surface area contributed by atoms with Gasteiger partial charge in [-0.25, -0.2) is 4.99 Å². The first-order valence-electron chi connectivity index (χ1n) is 8.94. The Morgan fingerprint density at radius 1 is 1.19 bits per heavy atom. The highest BCUT2D eigenvalue weighted by Gasteiger charge is 2.23. The van der Waals surface area contributed by atoms with Crippen molar-refractivity contribution >= 4 is 5.96 Å². The summed E-state index contributed by atoms with van der Waals surface area (Å²) in [6, 6.07) is 13.5. The average molecular weight is 358 g/mol. The Balaban J connectivity index is 2.04. The number of guanidine groups is 1. The van der Waals surface area contributed by atoms with Gasteiger partial charge in [-0.3, -0.25) is 4.90 Å². The molecule has 0 fully saturated rings. The van der Waals surface area contributed by atoms with Crippen molar-refractivity contribution in [2.24, 2.45) is 4.99 Å². The maximum Gasteiger partial charge on any atom is 0.191 e. The molecule has 0 aliphatic rings. The van der Waals surface area contributed by atoms with E-state index in [2.05, 4.69) is 20.5 Å². The summed E-state index contributed by atoms with van der Waals surface area (Å²) in [5, 5.41) is 17.3. The van der Waals surface area contributed by atoms with Crippen LogP contribution in [-0.2, 0) is 5.60 Å². The predicted molar refractivity (Wildman–Crippen MR) is 105 cm³/mol. The molecule has 142 valence electrons. The van der Waals surface area contributed by atoms with Crippen LogP contribution in [0.3, 0.4) is 0 Å². The van der Waals surface area contributed by atoms with Gasteiger partial charge in [0.25, 0.3) is 0 Å². The van der Waals surface area contributed by atoms with Crippen molar-refractivity contribution in [2.75, 3.05) is 33.7 Å². The first-order valence-corrected chi connectivity index (χ1v) is 8.94. The number of hydrogen-bond acceptors (Lipinski definition) is 4. The number of aliphatic imine (C=N–C) groups is 1. The fourth-order valence-electron chi connectivity index (χ4n) is 2.68. The number of likely N-dealkylation sites (N-methyl/N-ethyl adjacent to an activating group) is 1. The average Bonchev–Trinajstić information content (AvgIpc) is 3.14. The van der Waals surface area contributed by atoms with Crippen molar-refractivity contribution in [2.45, 2.75) is 25.5 Å². The molecule has 1 aromatic carbocycles. The lowest BCUT2D eigenvalue weighted by Crippen LogP contribution is -2.42. The summed E-state index contributed by atoms with van der Waals surface area (Å²) >= 11 is 0. The quantitative estimate of drug-likeness (QED) is 0.499. The molecule has 0 spiro atoms. The van der Waals surface area contributed by atoms with Gasteiger partial charge in [0, 0.05) is 13.1 Å². The zero-order valence-electron chi connectivity index (χ0n) is 16.1. The molecule has 0 radical (unpaired) electrons. The summed E-state index contributed by atoms with van der Waals surface area (Å²) in [4.78, 5) is 6.66. The molecular weight excluding hydrogens is 328 g/mol. The van der Waals surface area contributed by atoms with E-state index in [4.69, 9.17) is 4.42 Å². The highest BCUT2D eigenvalue weighted by molar-refractivity contribution is 5.79. The fourth-order valence-corrected chi connectivity index (χ4v) is 2.68. The van der Waals surface area contributed by atoms with Crippen LogP contribution < -0.4 is 10.6 Å². The van der Waals surface area contributed by atoms with E-state index in [1.54, 1.807) is 13.2 Å². The molecule has 2 unspecified atom stereocenters. The molecule has 0 saturated heterocycles. The Morgan fingerprint density at radius 3 is 2.50 bits per heavy atom. The Hall–Kier alpha value is -2.31. The van der Waals surface area contributed by atoms with Crippen LogP contribution in [0.2, 0.25) is 0 Å². The molecule has 26 heavy (non-hydrogen) atoms. The molecule has 2 atom stereocenters. The molecule has 1 aromatic heterocycles. The van der Waals surface area contributed by atoms with E-state index in [1.807, 2.05) is 63.5 Å². The molecule has 3 N–H and O–H groups in total. The molecular formula is C20H30N4O2. The molecule has 2 rings (SSSR count). The van der Waals surface area contributed by atoms with E-state index in [0.717, 1.165) is 17.9 Å². The topological polar surface area (TPSA) is 73.0 Å². The minimum absolute atomic E-state index is 0.0866. The molecule has 0 amide bonds. The summed E-state index contributed by atoms with van der Waals surface area (Å²) in [6.45, 7) is 5.44. The number of rotatable bonds is 8. The van der Waals surface area contributed by atoms with E-state index >= 15 is 0 Å². The van der Waals surface area contributed by atoms with Crippen LogP contribution in [0.25, 0.3) is 0 Å². The molecule has 0 aliphatic heterocycles. The van der Waals surface area contributed by atoms with Gasteiger partial charge in [-0.1, -0.05) is 30.3 Å². The smallest absolute Gasteiger partial charge is 0.191 e. The minimum atomic E-state index is -1.02. The van der Waals surface area contributed by atoms with Crippen LogP contribution in [-0.4, -0.2) is 49.7 Å². The van der Waals surface area contributed by atoms with E-state index in [9.17, 15) is 5.11 Å². The predicted octanol–water partition coefficient (Wildman–Crippen LogP) is 2.35. The summed E-state index contributed by atoms with van der Waals surface area (Å²) in [5.74, 6) is 1.57. The van der Waals surface area contributed by atoms with Gasteiger partial charge in [0.05, 0.1) is 18.8 Å². The highest BCUT2D eigenvalue weighted by Crippen LogP contribution is 2.20. The normalized spacial score (nSPS) is 15.5. The second-order valence-electron chi connectivity index (χ2n) is 6.71. The minimum Gasteiger partial charge on any atom is -0.468 e. The summed E-state index contributed by atoms with van der Waals surface area (Å²) < 4.78 is 5.54. The third-order valence-electron chi connectivity index (χ3n) is 4.24. The molecule has 0 saturated carbocycles. The van der Waals surface area contributed by atoms with Crippen LogP contribution in [0.15, 0.2) is 58.1 Å². The van der Waals surface area contributed by atoms with Crippen LogP contribution in [0.1, 0.15) is 31.2 Å². The first-order chi connectivity index (χ1) is 12.4. The van der Waals surface area contributed by atoms with Crippen molar-refractivity contribution in [1.82, 2.24) is 15.5 Å². The van der Waals surface area contributed by atoms with Crippen LogP contribution in [0.4, 0.5) is 0 Å². The van der Waals surface area contributed by atoms with Gasteiger partial charge < -0.3 is 20.2 Å². The van der Waals surface area contributed by atoms with Crippen LogP contribution in [0, 0.1) is 0 Å². The fraction of sp³-hybridized carbons (Fsp3) is 0.450. The van der Waals surface area contributed by atoms with E-state index in [0.29, 0.717) is 12.5 Å². The molecule has 1 heterocycles.